The van der Waals surface area contributed by atoms with E-state index in [2.05, 4.69) is 69.0 Å². The molecule has 0 aliphatic carbocycles. The van der Waals surface area contributed by atoms with Gasteiger partial charge in [-0.05, 0) is 39.9 Å². The zero-order valence-electron chi connectivity index (χ0n) is 12.6. The highest BCUT2D eigenvalue weighted by molar-refractivity contribution is 7.01. The first kappa shape index (κ1) is 13.1. The Bertz CT molecular complexity index is 791. The average Bonchev–Trinajstić information content (AvgIpc) is 2.39. The van der Waals surface area contributed by atoms with Gasteiger partial charge in [0.1, 0.15) is 8.07 Å². The highest BCUT2D eigenvalue weighted by atomic mass is 28.3. The maximum absolute atomic E-state index is 4.83. The van der Waals surface area contributed by atoms with Crippen molar-refractivity contribution in [2.24, 2.45) is 4.99 Å². The molecule has 0 amide bonds. The summed E-state index contributed by atoms with van der Waals surface area (Å²) in [6, 6.07) is 13.0. The van der Waals surface area contributed by atoms with Crippen molar-refractivity contribution in [1.29, 1.82) is 0 Å². The Morgan fingerprint density at radius 3 is 2.45 bits per heavy atom. The second kappa shape index (κ2) is 4.32. The molecule has 0 N–H and O–H groups in total. The maximum Gasteiger partial charge on any atom is 0.117 e. The SMILES string of the molecule is C=c1ccc2c(c1)[Si](C)(C)c1cc(N(C)C)ccc1N=2. The normalized spacial score (nSPS) is 15.0. The second-order valence-corrected chi connectivity index (χ2v) is 10.5. The molecule has 0 atom stereocenters. The van der Waals surface area contributed by atoms with Crippen molar-refractivity contribution in [2.75, 3.05) is 19.0 Å². The van der Waals surface area contributed by atoms with Gasteiger partial charge in [-0.3, -0.25) is 0 Å². The van der Waals surface area contributed by atoms with Crippen LogP contribution in [0.5, 0.6) is 0 Å². The zero-order valence-corrected chi connectivity index (χ0v) is 13.6. The molecule has 2 aromatic rings. The minimum atomic E-state index is -1.70. The van der Waals surface area contributed by atoms with Crippen LogP contribution in [-0.2, 0) is 0 Å². The van der Waals surface area contributed by atoms with Crippen LogP contribution in [0.3, 0.4) is 0 Å². The highest BCUT2D eigenvalue weighted by Gasteiger charge is 2.32. The van der Waals surface area contributed by atoms with E-state index in [1.54, 1.807) is 0 Å². The van der Waals surface area contributed by atoms with Gasteiger partial charge in [0, 0.05) is 19.8 Å². The van der Waals surface area contributed by atoms with Crippen LogP contribution in [0.2, 0.25) is 13.1 Å². The van der Waals surface area contributed by atoms with Crippen LogP contribution in [0, 0.1) is 0 Å². The van der Waals surface area contributed by atoms with Gasteiger partial charge >= 0.3 is 0 Å². The largest absolute Gasteiger partial charge is 0.378 e. The lowest BCUT2D eigenvalue weighted by Gasteiger charge is -2.30. The van der Waals surface area contributed by atoms with E-state index in [0.717, 1.165) is 16.3 Å². The first-order chi connectivity index (χ1) is 9.39. The van der Waals surface area contributed by atoms with E-state index in [9.17, 15) is 0 Å². The van der Waals surface area contributed by atoms with Gasteiger partial charge in [0.25, 0.3) is 0 Å². The summed E-state index contributed by atoms with van der Waals surface area (Å²) in [5, 5.41) is 5.01. The van der Waals surface area contributed by atoms with Crippen molar-refractivity contribution in [3.63, 3.8) is 0 Å². The van der Waals surface area contributed by atoms with Gasteiger partial charge in [-0.15, -0.1) is 0 Å². The lowest BCUT2D eigenvalue weighted by molar-refractivity contribution is 1.13. The minimum absolute atomic E-state index is 1.08. The van der Waals surface area contributed by atoms with Crippen molar-refractivity contribution >= 4 is 36.4 Å². The molecule has 0 saturated carbocycles. The Labute approximate surface area is 121 Å². The van der Waals surface area contributed by atoms with E-state index < -0.39 is 8.07 Å². The molecule has 0 saturated heterocycles. The Hall–Kier alpha value is -1.87. The van der Waals surface area contributed by atoms with Gasteiger partial charge in [0.15, 0.2) is 0 Å². The smallest absolute Gasteiger partial charge is 0.117 e. The predicted octanol–water partition coefficient (Wildman–Crippen LogP) is 1.25. The van der Waals surface area contributed by atoms with Crippen LogP contribution in [-0.4, -0.2) is 22.2 Å². The first-order valence-electron chi connectivity index (χ1n) is 6.89. The van der Waals surface area contributed by atoms with Crippen LogP contribution in [0.1, 0.15) is 0 Å². The van der Waals surface area contributed by atoms with E-state index in [-0.39, 0.29) is 0 Å². The third-order valence-electron chi connectivity index (χ3n) is 4.15. The van der Waals surface area contributed by atoms with E-state index >= 15 is 0 Å². The third-order valence-corrected chi connectivity index (χ3v) is 7.64. The van der Waals surface area contributed by atoms with Gasteiger partial charge in [-0.1, -0.05) is 31.8 Å². The number of nitrogens with zero attached hydrogens (tertiary/aromatic N) is 2. The molecular formula is C17H20N2Si. The van der Waals surface area contributed by atoms with Crippen molar-refractivity contribution in [3.8, 4) is 0 Å². The van der Waals surface area contributed by atoms with E-state index in [4.69, 9.17) is 4.99 Å². The Balaban J connectivity index is 2.34. The third kappa shape index (κ3) is 1.90. The van der Waals surface area contributed by atoms with Crippen LogP contribution < -0.4 is 25.8 Å². The number of rotatable bonds is 1. The number of hydrogen-bond donors (Lipinski definition) is 0. The lowest BCUT2D eigenvalue weighted by Crippen LogP contribution is -2.61. The summed E-state index contributed by atoms with van der Waals surface area (Å²) in [5.41, 5.74) is 2.38. The molecule has 0 unspecified atom stereocenters. The van der Waals surface area contributed by atoms with Crippen molar-refractivity contribution < 1.29 is 0 Å². The summed E-state index contributed by atoms with van der Waals surface area (Å²) in [6.45, 7) is 8.87. The van der Waals surface area contributed by atoms with Crippen molar-refractivity contribution in [2.45, 2.75) is 13.1 Å². The number of anilines is 1. The monoisotopic (exact) mass is 280 g/mol. The molecule has 1 aliphatic heterocycles. The van der Waals surface area contributed by atoms with Crippen molar-refractivity contribution in [3.05, 3.63) is 47.0 Å². The maximum atomic E-state index is 4.83. The lowest BCUT2D eigenvalue weighted by atomic mass is 10.2. The van der Waals surface area contributed by atoms with Crippen LogP contribution in [0.15, 0.2) is 41.4 Å². The molecule has 0 fully saturated rings. The van der Waals surface area contributed by atoms with Crippen molar-refractivity contribution in [1.82, 2.24) is 0 Å². The number of hydrogen-bond acceptors (Lipinski definition) is 2. The molecule has 1 aliphatic rings. The quantitative estimate of drug-likeness (QED) is 0.718. The summed E-state index contributed by atoms with van der Waals surface area (Å²) >= 11 is 0. The fourth-order valence-electron chi connectivity index (χ4n) is 2.86. The van der Waals surface area contributed by atoms with Crippen LogP contribution >= 0.6 is 0 Å². The second-order valence-electron chi connectivity index (χ2n) is 6.18. The van der Waals surface area contributed by atoms with Gasteiger partial charge in [-0.2, -0.15) is 0 Å². The molecule has 3 rings (SSSR count). The molecular weight excluding hydrogens is 260 g/mol. The fraction of sp³-hybridized carbons (Fsp3) is 0.235. The molecule has 0 radical (unpaired) electrons. The van der Waals surface area contributed by atoms with Gasteiger partial charge in [0.2, 0.25) is 0 Å². The first-order valence-corrected chi connectivity index (χ1v) is 9.89. The van der Waals surface area contributed by atoms with E-state index in [1.807, 2.05) is 6.07 Å². The summed E-state index contributed by atoms with van der Waals surface area (Å²) in [5.74, 6) is 0. The molecule has 102 valence electrons. The molecule has 2 nitrogen and oxygen atoms in total. The Morgan fingerprint density at radius 1 is 1.00 bits per heavy atom. The number of fused-ring (bicyclic) bond motifs is 2. The summed E-state index contributed by atoms with van der Waals surface area (Å²) < 4.78 is 0. The molecule has 0 bridgehead atoms. The summed E-state index contributed by atoms with van der Waals surface area (Å²) in [4.78, 5) is 6.99. The molecule has 20 heavy (non-hydrogen) atoms. The Kier molecular flexibility index (Phi) is 2.83. The zero-order chi connectivity index (χ0) is 14.5. The van der Waals surface area contributed by atoms with Gasteiger partial charge in [-0.25, -0.2) is 4.99 Å². The van der Waals surface area contributed by atoms with E-state index in [0.29, 0.717) is 0 Å². The molecule has 1 heterocycles. The molecule has 2 aromatic carbocycles. The topological polar surface area (TPSA) is 15.6 Å². The minimum Gasteiger partial charge on any atom is -0.378 e. The standard InChI is InChI=1S/C17H20N2Si/c1-12-6-8-14-16(10-12)20(4,5)17-11-13(19(2)3)7-9-15(17)18-14/h6-11H,1H2,2-5H3. The predicted molar refractivity (Wildman–Crippen MR) is 89.9 cm³/mol. The van der Waals surface area contributed by atoms with Gasteiger partial charge < -0.3 is 4.90 Å². The summed E-state index contributed by atoms with van der Waals surface area (Å²) in [6.07, 6.45) is 0. The fourth-order valence-corrected chi connectivity index (χ4v) is 5.76. The molecule has 0 spiro atoms. The van der Waals surface area contributed by atoms with Gasteiger partial charge in [0.05, 0.1) is 11.0 Å². The summed E-state index contributed by atoms with van der Waals surface area (Å²) in [7, 11) is 2.46. The average molecular weight is 280 g/mol. The molecule has 0 aromatic heterocycles. The highest BCUT2D eigenvalue weighted by Crippen LogP contribution is 2.21. The Morgan fingerprint density at radius 2 is 1.75 bits per heavy atom. The number of benzene rings is 2. The van der Waals surface area contributed by atoms with Crippen LogP contribution in [0.25, 0.3) is 6.58 Å². The van der Waals surface area contributed by atoms with E-state index in [1.165, 1.54) is 16.1 Å². The van der Waals surface area contributed by atoms with Crippen LogP contribution in [0.4, 0.5) is 11.4 Å². The molecule has 3 heteroatoms.